The Morgan fingerprint density at radius 2 is 2.33 bits per heavy atom. The number of ether oxygens (including phenoxy) is 2. The third-order valence-electron chi connectivity index (χ3n) is 4.36. The van der Waals surface area contributed by atoms with Crippen LogP contribution < -0.4 is 5.32 Å². The van der Waals surface area contributed by atoms with E-state index in [1.807, 2.05) is 6.92 Å². The monoisotopic (exact) mass is 349 g/mol. The normalized spacial score (nSPS) is 18.7. The van der Waals surface area contributed by atoms with E-state index in [1.165, 1.54) is 17.7 Å². The van der Waals surface area contributed by atoms with Crippen LogP contribution in [-0.2, 0) is 9.47 Å². The SMILES string of the molecule is CCOC(=O)c1sc2ncnc(NC(CC)C3CCCO3)c2c1C. The molecular weight excluding hydrogens is 326 g/mol. The van der Waals surface area contributed by atoms with Gasteiger partial charge in [0.15, 0.2) is 0 Å². The van der Waals surface area contributed by atoms with Gasteiger partial charge >= 0.3 is 5.97 Å². The molecule has 0 amide bonds. The number of rotatable bonds is 6. The largest absolute Gasteiger partial charge is 0.462 e. The van der Waals surface area contributed by atoms with Crippen molar-refractivity contribution in [3.8, 4) is 0 Å². The third kappa shape index (κ3) is 3.23. The van der Waals surface area contributed by atoms with Crippen LogP contribution in [0.1, 0.15) is 48.3 Å². The third-order valence-corrected chi connectivity index (χ3v) is 5.54. The van der Waals surface area contributed by atoms with E-state index in [2.05, 4.69) is 22.2 Å². The number of esters is 1. The molecule has 0 aliphatic carbocycles. The highest BCUT2D eigenvalue weighted by molar-refractivity contribution is 7.20. The molecule has 0 aromatic carbocycles. The average molecular weight is 349 g/mol. The summed E-state index contributed by atoms with van der Waals surface area (Å²) < 4.78 is 11.0. The molecule has 1 N–H and O–H groups in total. The summed E-state index contributed by atoms with van der Waals surface area (Å²) in [5, 5.41) is 4.42. The summed E-state index contributed by atoms with van der Waals surface area (Å²) in [5.41, 5.74) is 0.874. The molecule has 2 aromatic rings. The molecule has 0 spiro atoms. The molecule has 6 nitrogen and oxygen atoms in total. The summed E-state index contributed by atoms with van der Waals surface area (Å²) in [7, 11) is 0. The molecule has 130 valence electrons. The smallest absolute Gasteiger partial charge is 0.348 e. The number of hydrogen-bond donors (Lipinski definition) is 1. The molecule has 0 bridgehead atoms. The number of nitrogens with zero attached hydrogens (tertiary/aromatic N) is 2. The van der Waals surface area contributed by atoms with Crippen LogP contribution in [0.25, 0.3) is 10.2 Å². The summed E-state index contributed by atoms with van der Waals surface area (Å²) in [6, 6.07) is 0.205. The van der Waals surface area contributed by atoms with Gasteiger partial charge in [-0.1, -0.05) is 6.92 Å². The number of carbonyl (C=O) groups excluding carboxylic acids is 1. The molecule has 1 aliphatic rings. The van der Waals surface area contributed by atoms with Gasteiger partial charge in [0.05, 0.1) is 24.1 Å². The molecule has 2 aromatic heterocycles. The second-order valence-corrected chi connectivity index (χ2v) is 6.89. The maximum atomic E-state index is 12.1. The summed E-state index contributed by atoms with van der Waals surface area (Å²) in [6.45, 7) is 7.06. The summed E-state index contributed by atoms with van der Waals surface area (Å²) >= 11 is 1.36. The summed E-state index contributed by atoms with van der Waals surface area (Å²) in [5.74, 6) is 0.474. The highest BCUT2D eigenvalue weighted by Gasteiger charge is 2.27. The fourth-order valence-electron chi connectivity index (χ4n) is 3.13. The van der Waals surface area contributed by atoms with Crippen molar-refractivity contribution < 1.29 is 14.3 Å². The fraction of sp³-hybridized carbons (Fsp3) is 0.588. The molecule has 1 fully saturated rings. The maximum Gasteiger partial charge on any atom is 0.348 e. The molecule has 1 saturated heterocycles. The summed E-state index contributed by atoms with van der Waals surface area (Å²) in [6.07, 6.45) is 4.87. The van der Waals surface area contributed by atoms with Crippen molar-refractivity contribution in [2.45, 2.75) is 52.2 Å². The quantitative estimate of drug-likeness (QED) is 0.804. The zero-order valence-corrected chi connectivity index (χ0v) is 15.1. The topological polar surface area (TPSA) is 73.3 Å². The van der Waals surface area contributed by atoms with Crippen LogP contribution in [0.5, 0.6) is 0 Å². The molecule has 2 unspecified atom stereocenters. The number of fused-ring (bicyclic) bond motifs is 1. The van der Waals surface area contributed by atoms with Gasteiger partial charge in [-0.3, -0.25) is 0 Å². The molecule has 2 atom stereocenters. The van der Waals surface area contributed by atoms with Crippen molar-refractivity contribution >= 4 is 33.3 Å². The van der Waals surface area contributed by atoms with E-state index < -0.39 is 0 Å². The van der Waals surface area contributed by atoms with E-state index in [-0.39, 0.29) is 18.1 Å². The molecule has 0 radical (unpaired) electrons. The second kappa shape index (κ2) is 7.44. The molecular formula is C17H23N3O3S. The van der Waals surface area contributed by atoms with Crippen LogP contribution in [0.3, 0.4) is 0 Å². The van der Waals surface area contributed by atoms with Crippen LogP contribution in [0.2, 0.25) is 0 Å². The second-order valence-electron chi connectivity index (χ2n) is 5.89. The highest BCUT2D eigenvalue weighted by Crippen LogP contribution is 2.34. The van der Waals surface area contributed by atoms with E-state index >= 15 is 0 Å². The highest BCUT2D eigenvalue weighted by atomic mass is 32.1. The van der Waals surface area contributed by atoms with Crippen LogP contribution in [0.4, 0.5) is 5.82 Å². The lowest BCUT2D eigenvalue weighted by Crippen LogP contribution is -2.32. The zero-order valence-electron chi connectivity index (χ0n) is 14.3. The van der Waals surface area contributed by atoms with Crippen LogP contribution in [-0.4, -0.2) is 41.3 Å². The first-order valence-corrected chi connectivity index (χ1v) is 9.26. The van der Waals surface area contributed by atoms with Crippen molar-refractivity contribution in [2.24, 2.45) is 0 Å². The Balaban J connectivity index is 1.94. The zero-order chi connectivity index (χ0) is 17.1. The van der Waals surface area contributed by atoms with Gasteiger partial charge in [-0.15, -0.1) is 11.3 Å². The predicted octanol–water partition coefficient (Wildman–Crippen LogP) is 3.55. The van der Waals surface area contributed by atoms with Crippen molar-refractivity contribution in [2.75, 3.05) is 18.5 Å². The first-order chi connectivity index (χ1) is 11.7. The van der Waals surface area contributed by atoms with Crippen LogP contribution in [0.15, 0.2) is 6.33 Å². The number of thiophene rings is 1. The fourth-order valence-corrected chi connectivity index (χ4v) is 4.17. The van der Waals surface area contributed by atoms with E-state index in [0.717, 1.165) is 47.5 Å². The molecule has 7 heteroatoms. The predicted molar refractivity (Wildman–Crippen MR) is 94.8 cm³/mol. The van der Waals surface area contributed by atoms with Gasteiger partial charge in [0.2, 0.25) is 0 Å². The van der Waals surface area contributed by atoms with Crippen molar-refractivity contribution in [3.63, 3.8) is 0 Å². The van der Waals surface area contributed by atoms with Gasteiger partial charge < -0.3 is 14.8 Å². The molecule has 3 heterocycles. The lowest BCUT2D eigenvalue weighted by molar-refractivity contribution is 0.0531. The van der Waals surface area contributed by atoms with Crippen molar-refractivity contribution in [3.05, 3.63) is 16.8 Å². The number of anilines is 1. The van der Waals surface area contributed by atoms with Gasteiger partial charge in [-0.05, 0) is 38.7 Å². The molecule has 1 aliphatic heterocycles. The van der Waals surface area contributed by atoms with Gasteiger partial charge in [0.25, 0.3) is 0 Å². The molecule has 24 heavy (non-hydrogen) atoms. The minimum Gasteiger partial charge on any atom is -0.462 e. The Morgan fingerprint density at radius 1 is 1.50 bits per heavy atom. The van der Waals surface area contributed by atoms with Crippen LogP contribution >= 0.6 is 11.3 Å². The standard InChI is InChI=1S/C17H23N3O3S/c1-4-11(12-7-6-8-23-12)20-15-13-10(3)14(17(21)22-5-2)24-16(13)19-9-18-15/h9,11-12H,4-8H2,1-3H3,(H,18,19,20). The van der Waals surface area contributed by atoms with Crippen molar-refractivity contribution in [1.82, 2.24) is 9.97 Å². The Kier molecular flexibility index (Phi) is 5.30. The lowest BCUT2D eigenvalue weighted by Gasteiger charge is -2.23. The average Bonchev–Trinajstić information content (AvgIpc) is 3.21. The van der Waals surface area contributed by atoms with E-state index in [1.54, 1.807) is 6.92 Å². The van der Waals surface area contributed by atoms with Gasteiger partial charge in [-0.25, -0.2) is 14.8 Å². The van der Waals surface area contributed by atoms with Gasteiger partial charge in [0.1, 0.15) is 21.9 Å². The van der Waals surface area contributed by atoms with Gasteiger partial charge in [0, 0.05) is 6.61 Å². The number of nitrogens with one attached hydrogen (secondary N) is 1. The first kappa shape index (κ1) is 17.1. The van der Waals surface area contributed by atoms with Gasteiger partial charge in [-0.2, -0.15) is 0 Å². The Bertz CT molecular complexity index is 725. The number of aryl methyl sites for hydroxylation is 1. The minimum atomic E-state index is -0.296. The lowest BCUT2D eigenvalue weighted by atomic mass is 10.1. The van der Waals surface area contributed by atoms with E-state index in [4.69, 9.17) is 9.47 Å². The molecule has 0 saturated carbocycles. The maximum absolute atomic E-state index is 12.1. The number of hydrogen-bond acceptors (Lipinski definition) is 7. The van der Waals surface area contributed by atoms with E-state index in [0.29, 0.717) is 11.5 Å². The molecule has 3 rings (SSSR count). The van der Waals surface area contributed by atoms with Crippen LogP contribution in [0, 0.1) is 6.92 Å². The number of carbonyl (C=O) groups is 1. The first-order valence-electron chi connectivity index (χ1n) is 8.45. The van der Waals surface area contributed by atoms with E-state index in [9.17, 15) is 4.79 Å². The Morgan fingerprint density at radius 3 is 3.00 bits per heavy atom. The summed E-state index contributed by atoms with van der Waals surface area (Å²) in [4.78, 5) is 22.3. The van der Waals surface area contributed by atoms with Crippen molar-refractivity contribution in [1.29, 1.82) is 0 Å². The Labute approximate surface area is 145 Å². The minimum absolute atomic E-state index is 0.205. The Hall–Kier alpha value is -1.73. The number of aromatic nitrogens is 2.